The van der Waals surface area contributed by atoms with Crippen LogP contribution in [0.3, 0.4) is 0 Å². The first-order chi connectivity index (χ1) is 9.83. The Bertz CT molecular complexity index is 541. The molecular formula is C13H15BrN2O5. The van der Waals surface area contributed by atoms with E-state index in [1.54, 1.807) is 6.07 Å². The Kier molecular flexibility index (Phi) is 6.16. The van der Waals surface area contributed by atoms with Gasteiger partial charge in [0.1, 0.15) is 6.04 Å². The van der Waals surface area contributed by atoms with E-state index in [2.05, 4.69) is 26.0 Å². The average Bonchev–Trinajstić information content (AvgIpc) is 2.41. The van der Waals surface area contributed by atoms with Gasteiger partial charge in [-0.3, -0.25) is 9.59 Å². The zero-order valence-electron chi connectivity index (χ0n) is 11.3. The molecule has 1 aromatic carbocycles. The molecule has 0 radical (unpaired) electrons. The molecule has 0 aromatic heterocycles. The molecule has 0 aliphatic carbocycles. The highest BCUT2D eigenvalue weighted by atomic mass is 79.9. The van der Waals surface area contributed by atoms with Crippen LogP contribution in [0.2, 0.25) is 0 Å². The second-order valence-corrected chi connectivity index (χ2v) is 5.17. The fourth-order valence-corrected chi connectivity index (χ4v) is 2.12. The maximum absolute atomic E-state index is 12.0. The molecule has 8 heteroatoms. The van der Waals surface area contributed by atoms with Gasteiger partial charge in [-0.2, -0.15) is 0 Å². The lowest BCUT2D eigenvalue weighted by atomic mass is 10.1. The number of carbonyl (C=O) groups is 3. The molecule has 21 heavy (non-hydrogen) atoms. The molecule has 0 heterocycles. The van der Waals surface area contributed by atoms with E-state index in [-0.39, 0.29) is 18.4 Å². The van der Waals surface area contributed by atoms with E-state index in [4.69, 9.17) is 10.8 Å². The van der Waals surface area contributed by atoms with Crippen LogP contribution in [0.1, 0.15) is 23.2 Å². The van der Waals surface area contributed by atoms with Gasteiger partial charge in [-0.1, -0.05) is 15.9 Å². The molecule has 0 saturated heterocycles. The number of ether oxygens (including phenoxy) is 1. The van der Waals surface area contributed by atoms with Crippen LogP contribution in [0.5, 0.6) is 0 Å². The number of amides is 1. The summed E-state index contributed by atoms with van der Waals surface area (Å²) in [7, 11) is 1.21. The molecule has 0 unspecified atom stereocenters. The van der Waals surface area contributed by atoms with Crippen molar-refractivity contribution in [2.45, 2.75) is 18.9 Å². The van der Waals surface area contributed by atoms with Crippen molar-refractivity contribution in [1.82, 2.24) is 5.32 Å². The number of anilines is 1. The third kappa shape index (κ3) is 5.42. The van der Waals surface area contributed by atoms with Crippen LogP contribution in [-0.2, 0) is 14.3 Å². The van der Waals surface area contributed by atoms with Crippen molar-refractivity contribution in [3.05, 3.63) is 28.2 Å². The molecule has 0 aliphatic heterocycles. The topological polar surface area (TPSA) is 119 Å². The SMILES string of the molecule is COC(=O)CC[C@H](NC(=O)c1cc(N)cc(Br)c1)C(=O)O. The van der Waals surface area contributed by atoms with E-state index in [1.807, 2.05) is 0 Å². The quantitative estimate of drug-likeness (QED) is 0.518. The summed E-state index contributed by atoms with van der Waals surface area (Å²) in [5.41, 5.74) is 6.22. The van der Waals surface area contributed by atoms with Crippen molar-refractivity contribution in [1.29, 1.82) is 0 Å². The number of benzene rings is 1. The van der Waals surface area contributed by atoms with Crippen LogP contribution in [0.15, 0.2) is 22.7 Å². The van der Waals surface area contributed by atoms with E-state index in [0.29, 0.717) is 10.2 Å². The lowest BCUT2D eigenvalue weighted by Gasteiger charge is -2.14. The number of carboxylic acid groups (broad SMARTS) is 1. The summed E-state index contributed by atoms with van der Waals surface area (Å²) in [6, 6.07) is 3.38. The van der Waals surface area contributed by atoms with E-state index in [9.17, 15) is 14.4 Å². The van der Waals surface area contributed by atoms with E-state index >= 15 is 0 Å². The number of aliphatic carboxylic acids is 1. The molecule has 1 amide bonds. The minimum Gasteiger partial charge on any atom is -0.480 e. The molecule has 4 N–H and O–H groups in total. The van der Waals surface area contributed by atoms with Crippen LogP contribution in [0, 0.1) is 0 Å². The number of hydrogen-bond acceptors (Lipinski definition) is 5. The molecule has 1 rings (SSSR count). The van der Waals surface area contributed by atoms with Gasteiger partial charge in [0, 0.05) is 22.1 Å². The summed E-state index contributed by atoms with van der Waals surface area (Å²) in [5, 5.41) is 11.4. The van der Waals surface area contributed by atoms with E-state index in [1.165, 1.54) is 19.2 Å². The molecular weight excluding hydrogens is 344 g/mol. The van der Waals surface area contributed by atoms with Crippen LogP contribution >= 0.6 is 15.9 Å². The van der Waals surface area contributed by atoms with Crippen LogP contribution in [0.25, 0.3) is 0 Å². The molecule has 1 atom stereocenters. The van der Waals surface area contributed by atoms with Crippen molar-refractivity contribution in [2.24, 2.45) is 0 Å². The van der Waals surface area contributed by atoms with Crippen molar-refractivity contribution in [2.75, 3.05) is 12.8 Å². The normalized spacial score (nSPS) is 11.5. The molecule has 0 saturated carbocycles. The predicted molar refractivity (Wildman–Crippen MR) is 78.7 cm³/mol. The second-order valence-electron chi connectivity index (χ2n) is 4.25. The van der Waals surface area contributed by atoms with Crippen molar-refractivity contribution >= 4 is 39.5 Å². The summed E-state index contributed by atoms with van der Waals surface area (Å²) < 4.78 is 5.04. The number of hydrogen-bond donors (Lipinski definition) is 3. The minimum absolute atomic E-state index is 0.0583. The zero-order valence-corrected chi connectivity index (χ0v) is 12.8. The second kappa shape index (κ2) is 7.63. The maximum Gasteiger partial charge on any atom is 0.326 e. The standard InChI is InChI=1S/C13H15BrN2O5/c1-21-11(17)3-2-10(13(19)20)16-12(18)7-4-8(14)6-9(15)5-7/h4-6,10H,2-3,15H2,1H3,(H,16,18)(H,19,20)/t10-/m0/s1. The largest absolute Gasteiger partial charge is 0.480 e. The molecule has 0 fully saturated rings. The van der Waals surface area contributed by atoms with Gasteiger partial charge < -0.3 is 20.9 Å². The summed E-state index contributed by atoms with van der Waals surface area (Å²) >= 11 is 3.20. The van der Waals surface area contributed by atoms with Gasteiger partial charge in [0.25, 0.3) is 5.91 Å². The van der Waals surface area contributed by atoms with Gasteiger partial charge in [0.2, 0.25) is 0 Å². The van der Waals surface area contributed by atoms with E-state index in [0.717, 1.165) is 0 Å². The minimum atomic E-state index is -1.23. The lowest BCUT2D eigenvalue weighted by Crippen LogP contribution is -2.41. The molecule has 1 aromatic rings. The van der Waals surface area contributed by atoms with Crippen LogP contribution in [-0.4, -0.2) is 36.1 Å². The number of carboxylic acids is 1. The molecule has 114 valence electrons. The summed E-state index contributed by atoms with van der Waals surface area (Å²) in [6.45, 7) is 0. The van der Waals surface area contributed by atoms with Crippen molar-refractivity contribution in [3.63, 3.8) is 0 Å². The van der Waals surface area contributed by atoms with Gasteiger partial charge in [0.05, 0.1) is 7.11 Å². The number of carbonyl (C=O) groups excluding carboxylic acids is 2. The van der Waals surface area contributed by atoms with E-state index < -0.39 is 23.9 Å². The Morgan fingerprint density at radius 2 is 2.05 bits per heavy atom. The highest BCUT2D eigenvalue weighted by Crippen LogP contribution is 2.17. The highest BCUT2D eigenvalue weighted by molar-refractivity contribution is 9.10. The van der Waals surface area contributed by atoms with Crippen molar-refractivity contribution in [3.8, 4) is 0 Å². The predicted octanol–water partition coefficient (Wildman–Crippen LogP) is 1.17. The van der Waals surface area contributed by atoms with Gasteiger partial charge in [0.15, 0.2) is 0 Å². The number of esters is 1. The van der Waals surface area contributed by atoms with Gasteiger partial charge in [-0.15, -0.1) is 0 Å². The highest BCUT2D eigenvalue weighted by Gasteiger charge is 2.22. The first-order valence-electron chi connectivity index (χ1n) is 6.00. The number of rotatable bonds is 6. The number of nitrogens with one attached hydrogen (secondary N) is 1. The fourth-order valence-electron chi connectivity index (χ4n) is 1.61. The Morgan fingerprint density at radius 3 is 2.57 bits per heavy atom. The average molecular weight is 359 g/mol. The van der Waals surface area contributed by atoms with Crippen molar-refractivity contribution < 1.29 is 24.2 Å². The van der Waals surface area contributed by atoms with Crippen LogP contribution < -0.4 is 11.1 Å². The number of nitrogen functional groups attached to an aromatic ring is 1. The Labute approximate surface area is 129 Å². The third-order valence-corrected chi connectivity index (χ3v) is 3.11. The van der Waals surface area contributed by atoms with Gasteiger partial charge >= 0.3 is 11.9 Å². The molecule has 0 spiro atoms. The smallest absolute Gasteiger partial charge is 0.326 e. The summed E-state index contributed by atoms with van der Waals surface area (Å²) in [5.74, 6) is -2.35. The van der Waals surface area contributed by atoms with Gasteiger partial charge in [-0.05, 0) is 24.6 Å². The van der Waals surface area contributed by atoms with Gasteiger partial charge in [-0.25, -0.2) is 4.79 Å². The molecule has 0 aliphatic rings. The molecule has 0 bridgehead atoms. The number of halogens is 1. The Hall–Kier alpha value is -2.09. The first-order valence-corrected chi connectivity index (χ1v) is 6.79. The van der Waals surface area contributed by atoms with Crippen LogP contribution in [0.4, 0.5) is 5.69 Å². The summed E-state index contributed by atoms with van der Waals surface area (Å²) in [6.07, 6.45) is -0.161. The Morgan fingerprint density at radius 1 is 1.38 bits per heavy atom. The third-order valence-electron chi connectivity index (χ3n) is 2.65. The lowest BCUT2D eigenvalue weighted by molar-refractivity contribution is -0.142. The first kappa shape index (κ1) is 17.0. The summed E-state index contributed by atoms with van der Waals surface area (Å²) in [4.78, 5) is 34.1. The zero-order chi connectivity index (χ0) is 16.0. The molecule has 7 nitrogen and oxygen atoms in total. The monoisotopic (exact) mass is 358 g/mol. The Balaban J connectivity index is 2.76. The fraction of sp³-hybridized carbons (Fsp3) is 0.308. The number of nitrogens with two attached hydrogens (primary N) is 1. The maximum atomic E-state index is 12.0. The number of methoxy groups -OCH3 is 1.